The van der Waals surface area contributed by atoms with E-state index >= 15 is 0 Å². The Bertz CT molecular complexity index is 143. The fraction of sp³-hybridized carbons (Fsp3) is 0.875. The summed E-state index contributed by atoms with van der Waals surface area (Å²) in [6.07, 6.45) is 1.96. The average Bonchev–Trinajstić information content (AvgIpc) is 1.94. The summed E-state index contributed by atoms with van der Waals surface area (Å²) < 4.78 is 9.88. The Labute approximate surface area is 84.7 Å². The summed E-state index contributed by atoms with van der Waals surface area (Å²) in [5.41, 5.74) is 0. The van der Waals surface area contributed by atoms with Crippen LogP contribution in [0.5, 0.6) is 0 Å². The van der Waals surface area contributed by atoms with Crippen molar-refractivity contribution in [3.63, 3.8) is 0 Å². The molecule has 1 rings (SSSR count). The van der Waals surface area contributed by atoms with E-state index in [9.17, 15) is 4.79 Å². The van der Waals surface area contributed by atoms with Crippen molar-refractivity contribution in [3.8, 4) is 0 Å². The first kappa shape index (κ1) is 12.0. The molecule has 0 N–H and O–H groups in total. The van der Waals surface area contributed by atoms with Gasteiger partial charge in [0.25, 0.3) is 0 Å². The molecule has 69 valence electrons. The molecule has 0 aromatic carbocycles. The van der Waals surface area contributed by atoms with Gasteiger partial charge in [0.1, 0.15) is 0 Å². The predicted molar refractivity (Wildman–Crippen MR) is 40.2 cm³/mol. The van der Waals surface area contributed by atoms with E-state index in [1.807, 2.05) is 6.92 Å². The van der Waals surface area contributed by atoms with Gasteiger partial charge in [-0.2, -0.15) is 0 Å². The summed E-state index contributed by atoms with van der Waals surface area (Å²) in [4.78, 5) is 10.9. The summed E-state index contributed by atoms with van der Waals surface area (Å²) in [6.45, 7) is 2.70. The van der Waals surface area contributed by atoms with Crippen molar-refractivity contribution in [2.75, 3.05) is 13.7 Å². The van der Waals surface area contributed by atoms with Gasteiger partial charge in [0, 0.05) is 25.2 Å². The Hall–Kier alpha value is 0.0144. The number of ether oxygens (including phenoxy) is 2. The zero-order valence-corrected chi connectivity index (χ0v) is 8.84. The molecule has 0 saturated heterocycles. The van der Waals surface area contributed by atoms with Gasteiger partial charge in [-0.3, -0.25) is 4.79 Å². The zero-order chi connectivity index (χ0) is 8.27. The predicted octanol–water partition coefficient (Wildman–Crippen LogP) is 0.972. The van der Waals surface area contributed by atoms with E-state index in [4.69, 9.17) is 4.74 Å². The molecule has 1 radical (unpaired) electrons. The first-order valence-corrected chi connectivity index (χ1v) is 3.97. The van der Waals surface area contributed by atoms with Gasteiger partial charge in [-0.25, -0.2) is 0 Å². The maximum absolute atomic E-state index is 10.9. The molecule has 0 heterocycles. The van der Waals surface area contributed by atoms with Crippen LogP contribution in [0, 0.1) is 5.92 Å². The Morgan fingerprint density at radius 2 is 2.08 bits per heavy atom. The van der Waals surface area contributed by atoms with E-state index in [1.54, 1.807) is 0 Å². The molecule has 1 aliphatic rings. The molecule has 12 heavy (non-hydrogen) atoms. The molecule has 3 nitrogen and oxygen atoms in total. The standard InChI is InChI=1S/C8H14O3.V/c1-3-11-7-4-6(5-7)8(9)10-2;/h6-7H,3-5H2,1-2H3;. The third-order valence-electron chi connectivity index (χ3n) is 2.03. The molecule has 0 aliphatic heterocycles. The molecular weight excluding hydrogens is 195 g/mol. The maximum atomic E-state index is 10.9. The van der Waals surface area contributed by atoms with Gasteiger partial charge in [-0.05, 0) is 19.8 Å². The van der Waals surface area contributed by atoms with Crippen LogP contribution in [-0.2, 0) is 32.8 Å². The van der Waals surface area contributed by atoms with Gasteiger partial charge in [0.2, 0.25) is 0 Å². The van der Waals surface area contributed by atoms with Crippen LogP contribution in [0.15, 0.2) is 0 Å². The minimum absolute atomic E-state index is 0. The van der Waals surface area contributed by atoms with Gasteiger partial charge in [-0.1, -0.05) is 0 Å². The van der Waals surface area contributed by atoms with Crippen LogP contribution in [-0.4, -0.2) is 25.8 Å². The topological polar surface area (TPSA) is 35.5 Å². The second-order valence-electron chi connectivity index (χ2n) is 2.77. The Morgan fingerprint density at radius 1 is 1.50 bits per heavy atom. The minimum atomic E-state index is -0.0963. The monoisotopic (exact) mass is 209 g/mol. The normalized spacial score (nSPS) is 26.8. The molecule has 1 aliphatic carbocycles. The van der Waals surface area contributed by atoms with Gasteiger partial charge in [0.15, 0.2) is 0 Å². The molecule has 0 amide bonds. The Kier molecular flexibility index (Phi) is 5.63. The molecule has 4 heteroatoms. The van der Waals surface area contributed by atoms with Crippen LogP contribution in [0.2, 0.25) is 0 Å². The van der Waals surface area contributed by atoms with Crippen molar-refractivity contribution in [2.24, 2.45) is 5.92 Å². The van der Waals surface area contributed by atoms with Crippen molar-refractivity contribution < 1.29 is 32.8 Å². The van der Waals surface area contributed by atoms with Gasteiger partial charge in [-0.15, -0.1) is 0 Å². The molecule has 1 fully saturated rings. The van der Waals surface area contributed by atoms with Crippen LogP contribution in [0.1, 0.15) is 19.8 Å². The first-order valence-electron chi connectivity index (χ1n) is 3.97. The molecule has 1 saturated carbocycles. The quantitative estimate of drug-likeness (QED) is 0.650. The van der Waals surface area contributed by atoms with Crippen molar-refractivity contribution in [3.05, 3.63) is 0 Å². The third-order valence-corrected chi connectivity index (χ3v) is 2.03. The summed E-state index contributed by atoms with van der Waals surface area (Å²) >= 11 is 0. The fourth-order valence-corrected chi connectivity index (χ4v) is 1.30. The summed E-state index contributed by atoms with van der Waals surface area (Å²) in [7, 11) is 1.43. The Balaban J connectivity index is 0.00000121. The SMILES string of the molecule is CCOC1CC(C(=O)OC)C1.[V]. The van der Waals surface area contributed by atoms with Crippen LogP contribution in [0.25, 0.3) is 0 Å². The molecule has 0 bridgehead atoms. The van der Waals surface area contributed by atoms with Crippen molar-refractivity contribution >= 4 is 5.97 Å². The van der Waals surface area contributed by atoms with Gasteiger partial charge < -0.3 is 9.47 Å². The van der Waals surface area contributed by atoms with E-state index in [2.05, 4.69) is 4.74 Å². The molecule has 0 spiro atoms. The minimum Gasteiger partial charge on any atom is -0.469 e. The number of rotatable bonds is 3. The van der Waals surface area contributed by atoms with Crippen LogP contribution in [0.3, 0.4) is 0 Å². The fourth-order valence-electron chi connectivity index (χ4n) is 1.30. The van der Waals surface area contributed by atoms with E-state index in [-0.39, 0.29) is 30.4 Å². The number of carbonyl (C=O) groups excluding carboxylic acids is 1. The van der Waals surface area contributed by atoms with Crippen molar-refractivity contribution in [1.29, 1.82) is 0 Å². The molecular formula is C8H14O3V. The van der Waals surface area contributed by atoms with Gasteiger partial charge >= 0.3 is 5.97 Å². The largest absolute Gasteiger partial charge is 0.469 e. The molecule has 0 aromatic heterocycles. The Morgan fingerprint density at radius 3 is 2.50 bits per heavy atom. The molecule has 0 aromatic rings. The summed E-state index contributed by atoms with van der Waals surface area (Å²) in [5, 5.41) is 0. The smallest absolute Gasteiger partial charge is 0.308 e. The number of methoxy groups -OCH3 is 1. The van der Waals surface area contributed by atoms with E-state index in [0.29, 0.717) is 6.10 Å². The average molecular weight is 209 g/mol. The number of esters is 1. The molecule has 0 unspecified atom stereocenters. The second kappa shape index (κ2) is 5.62. The van der Waals surface area contributed by atoms with Gasteiger partial charge in [0.05, 0.1) is 19.1 Å². The number of carbonyl (C=O) groups is 1. The van der Waals surface area contributed by atoms with Crippen LogP contribution < -0.4 is 0 Å². The van der Waals surface area contributed by atoms with E-state index in [1.165, 1.54) is 7.11 Å². The first-order chi connectivity index (χ1) is 5.27. The number of hydrogen-bond donors (Lipinski definition) is 0. The summed E-state index contributed by atoms with van der Waals surface area (Å²) in [5.74, 6) is -0.00231. The zero-order valence-electron chi connectivity index (χ0n) is 7.45. The van der Waals surface area contributed by atoms with Crippen molar-refractivity contribution in [1.82, 2.24) is 0 Å². The second-order valence-corrected chi connectivity index (χ2v) is 2.77. The number of hydrogen-bond acceptors (Lipinski definition) is 3. The van der Waals surface area contributed by atoms with Crippen LogP contribution >= 0.6 is 0 Å². The van der Waals surface area contributed by atoms with E-state index < -0.39 is 0 Å². The third kappa shape index (κ3) is 2.81. The summed E-state index contributed by atoms with van der Waals surface area (Å²) in [6, 6.07) is 0. The van der Waals surface area contributed by atoms with Crippen LogP contribution in [0.4, 0.5) is 0 Å². The maximum Gasteiger partial charge on any atom is 0.308 e. The molecule has 0 atom stereocenters. The van der Waals surface area contributed by atoms with Crippen molar-refractivity contribution in [2.45, 2.75) is 25.9 Å². The van der Waals surface area contributed by atoms with E-state index in [0.717, 1.165) is 19.4 Å².